The number of para-hydroxylation sites is 1. The largest absolute Gasteiger partial charge is 0.495 e. The van der Waals surface area contributed by atoms with Crippen LogP contribution in [-0.4, -0.2) is 12.1 Å². The standard InChI is InChI=1S/C10H8INO2/c1-14-8-4-2-3-6-9(8)12-5-7(11)10(6)13/h2-5H,1H3,(H,12,13). The van der Waals surface area contributed by atoms with Crippen LogP contribution in [0.25, 0.3) is 10.9 Å². The molecule has 0 saturated heterocycles. The van der Waals surface area contributed by atoms with E-state index in [4.69, 9.17) is 4.74 Å². The Kier molecular flexibility index (Phi) is 2.45. The van der Waals surface area contributed by atoms with Crippen molar-refractivity contribution in [1.82, 2.24) is 4.98 Å². The first-order chi connectivity index (χ1) is 6.74. The monoisotopic (exact) mass is 301 g/mol. The Labute approximate surface area is 94.2 Å². The van der Waals surface area contributed by atoms with Gasteiger partial charge in [0.25, 0.3) is 0 Å². The lowest BCUT2D eigenvalue weighted by Gasteiger charge is -2.04. The van der Waals surface area contributed by atoms with Gasteiger partial charge < -0.3 is 9.72 Å². The second-order valence-electron chi connectivity index (χ2n) is 2.85. The smallest absolute Gasteiger partial charge is 0.202 e. The Hall–Kier alpha value is -1.04. The van der Waals surface area contributed by atoms with Crippen LogP contribution in [0.5, 0.6) is 5.75 Å². The number of benzene rings is 1. The molecule has 4 heteroatoms. The Balaban J connectivity index is 2.93. The quantitative estimate of drug-likeness (QED) is 0.820. The van der Waals surface area contributed by atoms with Gasteiger partial charge in [0, 0.05) is 6.20 Å². The number of aromatic amines is 1. The minimum Gasteiger partial charge on any atom is -0.495 e. The third-order valence-electron chi connectivity index (χ3n) is 2.05. The lowest BCUT2D eigenvalue weighted by molar-refractivity contribution is 0.419. The van der Waals surface area contributed by atoms with Crippen molar-refractivity contribution in [3.63, 3.8) is 0 Å². The number of aromatic nitrogens is 1. The van der Waals surface area contributed by atoms with E-state index in [1.165, 1.54) is 0 Å². The van der Waals surface area contributed by atoms with Crippen LogP contribution in [0.2, 0.25) is 0 Å². The predicted molar refractivity (Wildman–Crippen MR) is 63.8 cm³/mol. The minimum atomic E-state index is 0.0400. The van der Waals surface area contributed by atoms with E-state index in [1.54, 1.807) is 19.4 Å². The van der Waals surface area contributed by atoms with Crippen LogP contribution in [0, 0.1) is 3.57 Å². The van der Waals surface area contributed by atoms with E-state index < -0.39 is 0 Å². The van der Waals surface area contributed by atoms with E-state index in [9.17, 15) is 4.79 Å². The molecule has 0 amide bonds. The van der Waals surface area contributed by atoms with Crippen molar-refractivity contribution in [2.24, 2.45) is 0 Å². The summed E-state index contributed by atoms with van der Waals surface area (Å²) in [6.07, 6.45) is 1.69. The summed E-state index contributed by atoms with van der Waals surface area (Å²) in [5.41, 5.74) is 0.790. The van der Waals surface area contributed by atoms with Crippen LogP contribution >= 0.6 is 22.6 Å². The summed E-state index contributed by atoms with van der Waals surface area (Å²) in [4.78, 5) is 14.8. The van der Waals surface area contributed by atoms with E-state index >= 15 is 0 Å². The predicted octanol–water partition coefficient (Wildman–Crippen LogP) is 2.14. The van der Waals surface area contributed by atoms with E-state index in [2.05, 4.69) is 4.98 Å². The molecule has 0 atom stereocenters. The van der Waals surface area contributed by atoms with Crippen molar-refractivity contribution in [2.75, 3.05) is 7.11 Å². The Morgan fingerprint density at radius 1 is 1.43 bits per heavy atom. The molecule has 2 aromatic rings. The van der Waals surface area contributed by atoms with E-state index in [-0.39, 0.29) is 5.43 Å². The first-order valence-electron chi connectivity index (χ1n) is 4.08. The number of halogens is 1. The van der Waals surface area contributed by atoms with Crippen molar-refractivity contribution in [3.8, 4) is 5.75 Å². The molecule has 72 valence electrons. The van der Waals surface area contributed by atoms with Gasteiger partial charge in [0.05, 0.1) is 21.6 Å². The number of methoxy groups -OCH3 is 1. The Morgan fingerprint density at radius 2 is 2.21 bits per heavy atom. The highest BCUT2D eigenvalue weighted by Crippen LogP contribution is 2.20. The number of H-pyrrole nitrogens is 1. The number of ether oxygens (including phenoxy) is 1. The van der Waals surface area contributed by atoms with Crippen molar-refractivity contribution in [2.45, 2.75) is 0 Å². The molecule has 0 fully saturated rings. The third kappa shape index (κ3) is 1.39. The van der Waals surface area contributed by atoms with Gasteiger partial charge in [0.2, 0.25) is 5.43 Å². The van der Waals surface area contributed by atoms with E-state index in [0.29, 0.717) is 14.7 Å². The molecule has 14 heavy (non-hydrogen) atoms. The summed E-state index contributed by atoms with van der Waals surface area (Å²) in [5.74, 6) is 0.691. The fraction of sp³-hybridized carbons (Fsp3) is 0.100. The maximum atomic E-state index is 11.7. The van der Waals surface area contributed by atoms with E-state index in [0.717, 1.165) is 5.52 Å². The average molecular weight is 301 g/mol. The molecule has 1 heterocycles. The number of pyridine rings is 1. The summed E-state index contributed by atoms with van der Waals surface area (Å²) in [6, 6.07) is 5.43. The van der Waals surface area contributed by atoms with Crippen LogP contribution in [0.3, 0.4) is 0 Å². The molecular formula is C10H8INO2. The van der Waals surface area contributed by atoms with Gasteiger partial charge >= 0.3 is 0 Å². The van der Waals surface area contributed by atoms with Gasteiger partial charge in [0.1, 0.15) is 5.75 Å². The molecule has 0 aliphatic heterocycles. The molecule has 3 nitrogen and oxygen atoms in total. The summed E-state index contributed by atoms with van der Waals surface area (Å²) in [7, 11) is 1.59. The minimum absolute atomic E-state index is 0.0400. The maximum absolute atomic E-state index is 11.7. The van der Waals surface area contributed by atoms with Gasteiger partial charge in [-0.1, -0.05) is 6.07 Å². The highest BCUT2D eigenvalue weighted by Gasteiger charge is 2.05. The molecular weight excluding hydrogens is 293 g/mol. The molecule has 2 rings (SSSR count). The second kappa shape index (κ2) is 3.61. The molecule has 0 saturated carbocycles. The highest BCUT2D eigenvalue weighted by molar-refractivity contribution is 14.1. The third-order valence-corrected chi connectivity index (χ3v) is 2.85. The zero-order valence-corrected chi connectivity index (χ0v) is 9.66. The Bertz CT molecular complexity index is 533. The fourth-order valence-corrected chi connectivity index (χ4v) is 1.82. The first-order valence-corrected chi connectivity index (χ1v) is 5.16. The number of nitrogens with one attached hydrogen (secondary N) is 1. The molecule has 0 aliphatic carbocycles. The topological polar surface area (TPSA) is 42.1 Å². The summed E-state index contributed by atoms with van der Waals surface area (Å²) in [5, 5.41) is 0.663. The van der Waals surface area contributed by atoms with Crippen LogP contribution in [0.4, 0.5) is 0 Å². The number of hydrogen-bond donors (Lipinski definition) is 1. The normalized spacial score (nSPS) is 10.4. The van der Waals surface area contributed by atoms with Crippen molar-refractivity contribution in [3.05, 3.63) is 38.2 Å². The van der Waals surface area contributed by atoms with Crippen LogP contribution in [0.15, 0.2) is 29.2 Å². The van der Waals surface area contributed by atoms with Crippen molar-refractivity contribution in [1.29, 1.82) is 0 Å². The molecule has 0 aliphatic rings. The summed E-state index contributed by atoms with van der Waals surface area (Å²) >= 11 is 2.01. The van der Waals surface area contributed by atoms with Crippen LogP contribution in [0.1, 0.15) is 0 Å². The molecule has 1 aromatic heterocycles. The van der Waals surface area contributed by atoms with Gasteiger partial charge in [-0.25, -0.2) is 0 Å². The molecule has 0 unspecified atom stereocenters. The first kappa shape index (κ1) is 9.51. The van der Waals surface area contributed by atoms with Gasteiger partial charge in [-0.05, 0) is 34.7 Å². The van der Waals surface area contributed by atoms with Crippen LogP contribution < -0.4 is 10.2 Å². The van der Waals surface area contributed by atoms with Gasteiger partial charge in [-0.3, -0.25) is 4.79 Å². The Morgan fingerprint density at radius 3 is 2.93 bits per heavy atom. The van der Waals surface area contributed by atoms with Gasteiger partial charge in [-0.15, -0.1) is 0 Å². The van der Waals surface area contributed by atoms with Gasteiger partial charge in [-0.2, -0.15) is 0 Å². The average Bonchev–Trinajstić information content (AvgIpc) is 2.23. The van der Waals surface area contributed by atoms with E-state index in [1.807, 2.05) is 34.7 Å². The molecule has 1 aromatic carbocycles. The number of fused-ring (bicyclic) bond motifs is 1. The van der Waals surface area contributed by atoms with Crippen molar-refractivity contribution >= 4 is 33.5 Å². The molecule has 0 spiro atoms. The summed E-state index contributed by atoms with van der Waals surface area (Å²) < 4.78 is 5.83. The number of hydrogen-bond acceptors (Lipinski definition) is 2. The lowest BCUT2D eigenvalue weighted by atomic mass is 10.2. The number of rotatable bonds is 1. The fourth-order valence-electron chi connectivity index (χ4n) is 1.37. The maximum Gasteiger partial charge on any atom is 0.202 e. The second-order valence-corrected chi connectivity index (χ2v) is 4.01. The van der Waals surface area contributed by atoms with Gasteiger partial charge in [0.15, 0.2) is 0 Å². The van der Waals surface area contributed by atoms with Crippen molar-refractivity contribution < 1.29 is 4.74 Å². The molecule has 0 radical (unpaired) electrons. The zero-order valence-electron chi connectivity index (χ0n) is 7.50. The highest BCUT2D eigenvalue weighted by atomic mass is 127. The molecule has 0 bridgehead atoms. The zero-order chi connectivity index (χ0) is 10.1. The summed E-state index contributed by atoms with van der Waals surface area (Å²) in [6.45, 7) is 0. The SMILES string of the molecule is COc1cccc2c(=O)c(I)c[nH]c12. The van der Waals surface area contributed by atoms with Crippen LogP contribution in [-0.2, 0) is 0 Å². The molecule has 1 N–H and O–H groups in total. The lowest BCUT2D eigenvalue weighted by Crippen LogP contribution is -2.06.